The summed E-state index contributed by atoms with van der Waals surface area (Å²) >= 11 is 0. The monoisotopic (exact) mass is 337 g/mol. The summed E-state index contributed by atoms with van der Waals surface area (Å²) in [6, 6.07) is 0. The second kappa shape index (κ2) is 13.0. The van der Waals surface area contributed by atoms with Gasteiger partial charge in [-0.2, -0.15) is 0 Å². The average Bonchev–Trinajstić information content (AvgIpc) is 2.96. The maximum absolute atomic E-state index is 10.8. The minimum Gasteiger partial charge on any atom is -0.481 e. The first-order valence-corrected chi connectivity index (χ1v) is 9.98. The molecule has 0 fully saturated rings. The molecule has 4 nitrogen and oxygen atoms in total. The first kappa shape index (κ1) is 20.7. The standard InChI is InChI=1S/C20H36N2O2/c1-3-5-6-7-8-9-10-11-12-13-14-19-21(4-2)17-18-22(19)16-15-20(23)24/h17-18H,3-16H2,1-2H3/p+1. The van der Waals surface area contributed by atoms with Crippen molar-refractivity contribution in [1.29, 1.82) is 0 Å². The fraction of sp³-hybridized carbons (Fsp3) is 0.800. The van der Waals surface area contributed by atoms with Crippen LogP contribution in [-0.2, 0) is 24.3 Å². The van der Waals surface area contributed by atoms with Gasteiger partial charge in [0.05, 0.1) is 13.0 Å². The van der Waals surface area contributed by atoms with Crippen LogP contribution in [0.15, 0.2) is 12.4 Å². The number of nitrogens with zero attached hydrogens (tertiary/aromatic N) is 2. The molecule has 0 aliphatic rings. The smallest absolute Gasteiger partial charge is 0.307 e. The van der Waals surface area contributed by atoms with Crippen molar-refractivity contribution in [3.63, 3.8) is 0 Å². The highest BCUT2D eigenvalue weighted by atomic mass is 16.4. The number of aryl methyl sites for hydroxylation is 2. The lowest BCUT2D eigenvalue weighted by Gasteiger charge is -2.04. The zero-order valence-corrected chi connectivity index (χ0v) is 15.8. The Kier molecular flexibility index (Phi) is 11.2. The Hall–Kier alpha value is -1.32. The quantitative estimate of drug-likeness (QED) is 0.371. The van der Waals surface area contributed by atoms with Gasteiger partial charge in [-0.05, 0) is 13.3 Å². The van der Waals surface area contributed by atoms with Crippen LogP contribution in [0.2, 0.25) is 0 Å². The van der Waals surface area contributed by atoms with Gasteiger partial charge in [0, 0.05) is 6.42 Å². The minimum absolute atomic E-state index is 0.198. The molecule has 0 radical (unpaired) electrons. The van der Waals surface area contributed by atoms with Crippen molar-refractivity contribution in [2.75, 3.05) is 0 Å². The highest BCUT2D eigenvalue weighted by molar-refractivity contribution is 5.66. The van der Waals surface area contributed by atoms with Crippen LogP contribution in [0.25, 0.3) is 0 Å². The maximum atomic E-state index is 10.8. The van der Waals surface area contributed by atoms with Gasteiger partial charge in [-0.25, -0.2) is 9.13 Å². The SMILES string of the molecule is CCCCCCCCCCCCc1n(CC)cc[n+]1CCC(=O)O. The van der Waals surface area contributed by atoms with Crippen LogP contribution in [0.4, 0.5) is 0 Å². The molecule has 4 heteroatoms. The lowest BCUT2D eigenvalue weighted by Crippen LogP contribution is -2.38. The molecule has 1 aromatic rings. The summed E-state index contributed by atoms with van der Waals surface area (Å²) in [5.74, 6) is 0.551. The van der Waals surface area contributed by atoms with Crippen molar-refractivity contribution in [2.24, 2.45) is 0 Å². The van der Waals surface area contributed by atoms with Crippen molar-refractivity contribution in [2.45, 2.75) is 104 Å². The molecule has 1 rings (SSSR count). The van der Waals surface area contributed by atoms with E-state index in [1.54, 1.807) is 0 Å². The molecular formula is C20H37N2O2+. The Labute approximate surface area is 147 Å². The Bertz CT molecular complexity index is 454. The van der Waals surface area contributed by atoms with E-state index in [0.717, 1.165) is 13.0 Å². The molecule has 0 unspecified atom stereocenters. The van der Waals surface area contributed by atoms with Gasteiger partial charge in [-0.15, -0.1) is 0 Å². The van der Waals surface area contributed by atoms with Gasteiger partial charge in [0.1, 0.15) is 18.9 Å². The number of carboxylic acids is 1. The van der Waals surface area contributed by atoms with Crippen molar-refractivity contribution in [1.82, 2.24) is 4.57 Å². The number of aromatic nitrogens is 2. The predicted molar refractivity (Wildman–Crippen MR) is 98.1 cm³/mol. The number of carboxylic acid groups (broad SMARTS) is 1. The number of aliphatic carboxylic acids is 1. The highest BCUT2D eigenvalue weighted by Gasteiger charge is 2.16. The Morgan fingerprint density at radius 2 is 1.58 bits per heavy atom. The zero-order chi connectivity index (χ0) is 17.6. The first-order valence-electron chi connectivity index (χ1n) is 9.98. The van der Waals surface area contributed by atoms with E-state index in [-0.39, 0.29) is 6.42 Å². The van der Waals surface area contributed by atoms with E-state index in [4.69, 9.17) is 5.11 Å². The molecule has 0 saturated carbocycles. The second-order valence-corrected chi connectivity index (χ2v) is 6.77. The van der Waals surface area contributed by atoms with Gasteiger partial charge in [-0.3, -0.25) is 4.79 Å². The van der Waals surface area contributed by atoms with E-state index < -0.39 is 5.97 Å². The highest BCUT2D eigenvalue weighted by Crippen LogP contribution is 2.12. The van der Waals surface area contributed by atoms with Crippen molar-refractivity contribution < 1.29 is 14.5 Å². The van der Waals surface area contributed by atoms with Crippen LogP contribution < -0.4 is 4.57 Å². The lowest BCUT2D eigenvalue weighted by atomic mass is 10.1. The van der Waals surface area contributed by atoms with E-state index in [9.17, 15) is 4.79 Å². The van der Waals surface area contributed by atoms with Gasteiger partial charge < -0.3 is 5.11 Å². The summed E-state index contributed by atoms with van der Waals surface area (Å²) in [4.78, 5) is 10.8. The molecule has 0 aliphatic carbocycles. The van der Waals surface area contributed by atoms with Gasteiger partial charge in [-0.1, -0.05) is 64.7 Å². The second-order valence-electron chi connectivity index (χ2n) is 6.77. The topological polar surface area (TPSA) is 46.1 Å². The van der Waals surface area contributed by atoms with Gasteiger partial charge >= 0.3 is 5.97 Å². The normalized spacial score (nSPS) is 11.1. The molecule has 0 aromatic carbocycles. The number of imidazole rings is 1. The van der Waals surface area contributed by atoms with Crippen LogP contribution in [0.3, 0.4) is 0 Å². The van der Waals surface area contributed by atoms with E-state index >= 15 is 0 Å². The molecular weight excluding hydrogens is 300 g/mol. The van der Waals surface area contributed by atoms with Crippen LogP contribution >= 0.6 is 0 Å². The van der Waals surface area contributed by atoms with Crippen LogP contribution in [-0.4, -0.2) is 15.6 Å². The summed E-state index contributed by atoms with van der Waals surface area (Å²) in [7, 11) is 0. The molecule has 1 N–H and O–H groups in total. The third kappa shape index (κ3) is 8.51. The molecule has 0 spiro atoms. The van der Waals surface area contributed by atoms with E-state index in [0.29, 0.717) is 6.54 Å². The third-order valence-electron chi connectivity index (χ3n) is 4.75. The fourth-order valence-corrected chi connectivity index (χ4v) is 3.26. The third-order valence-corrected chi connectivity index (χ3v) is 4.75. The number of unbranched alkanes of at least 4 members (excludes halogenated alkanes) is 9. The summed E-state index contributed by atoms with van der Waals surface area (Å²) in [6.07, 6.45) is 18.8. The van der Waals surface area contributed by atoms with E-state index in [2.05, 4.69) is 29.2 Å². The largest absolute Gasteiger partial charge is 0.481 e. The van der Waals surface area contributed by atoms with Crippen LogP contribution in [0.5, 0.6) is 0 Å². The van der Waals surface area contributed by atoms with E-state index in [1.807, 2.05) is 6.20 Å². The van der Waals surface area contributed by atoms with Crippen molar-refractivity contribution >= 4 is 5.97 Å². The fourth-order valence-electron chi connectivity index (χ4n) is 3.26. The average molecular weight is 338 g/mol. The molecule has 0 aliphatic heterocycles. The maximum Gasteiger partial charge on any atom is 0.307 e. The molecule has 1 heterocycles. The summed E-state index contributed by atoms with van der Waals surface area (Å²) in [5, 5.41) is 8.87. The summed E-state index contributed by atoms with van der Waals surface area (Å²) in [5.41, 5.74) is 0. The molecule has 0 bridgehead atoms. The minimum atomic E-state index is -0.725. The lowest BCUT2D eigenvalue weighted by molar-refractivity contribution is -0.702. The molecule has 1 aromatic heterocycles. The molecule has 138 valence electrons. The number of hydrogen-bond donors (Lipinski definition) is 1. The Morgan fingerprint density at radius 1 is 1.00 bits per heavy atom. The van der Waals surface area contributed by atoms with Gasteiger partial charge in [0.25, 0.3) is 5.82 Å². The Morgan fingerprint density at radius 3 is 2.12 bits per heavy atom. The summed E-state index contributed by atoms with van der Waals surface area (Å²) < 4.78 is 4.36. The van der Waals surface area contributed by atoms with Crippen molar-refractivity contribution in [3.05, 3.63) is 18.2 Å². The molecule has 0 amide bonds. The van der Waals surface area contributed by atoms with Crippen molar-refractivity contribution in [3.8, 4) is 0 Å². The molecule has 0 saturated heterocycles. The molecule has 24 heavy (non-hydrogen) atoms. The number of hydrogen-bond acceptors (Lipinski definition) is 1. The van der Waals surface area contributed by atoms with Gasteiger partial charge in [0.15, 0.2) is 0 Å². The van der Waals surface area contributed by atoms with Gasteiger partial charge in [0.2, 0.25) is 0 Å². The Balaban J connectivity index is 2.19. The molecule has 0 atom stereocenters. The summed E-state index contributed by atoms with van der Waals surface area (Å²) in [6.45, 7) is 5.94. The predicted octanol–water partition coefficient (Wildman–Crippen LogP) is 4.73. The first-order chi connectivity index (χ1) is 11.7. The number of carbonyl (C=O) groups is 1. The van der Waals surface area contributed by atoms with Crippen LogP contribution in [0.1, 0.15) is 90.3 Å². The van der Waals surface area contributed by atoms with E-state index in [1.165, 1.54) is 70.0 Å². The number of rotatable bonds is 15. The zero-order valence-electron chi connectivity index (χ0n) is 15.8. The van der Waals surface area contributed by atoms with Crippen LogP contribution in [0, 0.1) is 0 Å².